The molecular formula is C12H19NS. The van der Waals surface area contributed by atoms with Crippen molar-refractivity contribution in [2.45, 2.75) is 0 Å². The highest BCUT2D eigenvalue weighted by Gasteiger charge is 2.17. The van der Waals surface area contributed by atoms with Gasteiger partial charge in [0.2, 0.25) is 0 Å². The zero-order valence-electron chi connectivity index (χ0n) is 9.40. The molecule has 0 aliphatic heterocycles. The van der Waals surface area contributed by atoms with Gasteiger partial charge >= 0.3 is 0 Å². The molecule has 0 saturated heterocycles. The third-order valence-corrected chi connectivity index (χ3v) is 5.71. The summed E-state index contributed by atoms with van der Waals surface area (Å²) in [5.74, 6) is 0. The smallest absolute Gasteiger partial charge is 0.00186 e. The van der Waals surface area contributed by atoms with Crippen molar-refractivity contribution in [2.24, 2.45) is 0 Å². The van der Waals surface area contributed by atoms with Gasteiger partial charge in [-0.05, 0) is 38.8 Å². The van der Waals surface area contributed by atoms with E-state index in [0.717, 1.165) is 0 Å². The minimum absolute atomic E-state index is 0.817. The highest BCUT2D eigenvalue weighted by Crippen LogP contribution is 2.50. The molecule has 1 rings (SSSR count). The van der Waals surface area contributed by atoms with Crippen LogP contribution in [0.25, 0.3) is 0 Å². The lowest BCUT2D eigenvalue weighted by Crippen LogP contribution is -2.18. The van der Waals surface area contributed by atoms with Gasteiger partial charge in [0, 0.05) is 4.91 Å². The summed E-state index contributed by atoms with van der Waals surface area (Å²) in [7, 11) is 3.47. The molecular weight excluding hydrogens is 190 g/mol. The van der Waals surface area contributed by atoms with Crippen LogP contribution in [0.4, 0.5) is 0 Å². The molecule has 0 aromatic carbocycles. The molecule has 0 amide bonds. The van der Waals surface area contributed by atoms with Gasteiger partial charge in [0.05, 0.1) is 0 Å². The first kappa shape index (κ1) is 11.3. The van der Waals surface area contributed by atoms with Crippen LogP contribution < -0.4 is 0 Å². The van der Waals surface area contributed by atoms with Crippen LogP contribution in [0.5, 0.6) is 0 Å². The molecule has 1 aliphatic carbocycles. The van der Waals surface area contributed by atoms with E-state index in [1.807, 2.05) is 6.08 Å². The molecule has 0 N–H and O–H groups in total. The number of nitrogens with zero attached hydrogens (tertiary/aromatic N) is 1. The number of allylic oxidation sites excluding steroid dienone is 7. The van der Waals surface area contributed by atoms with Crippen LogP contribution in [-0.4, -0.2) is 30.9 Å². The van der Waals surface area contributed by atoms with Crippen LogP contribution >= 0.6 is 10.2 Å². The fourth-order valence-electron chi connectivity index (χ4n) is 1.09. The quantitative estimate of drug-likeness (QED) is 0.675. The van der Waals surface area contributed by atoms with Crippen LogP contribution in [-0.2, 0) is 0 Å². The first-order valence-corrected chi connectivity index (χ1v) is 7.08. The largest absolute Gasteiger partial charge is 0.270 e. The molecule has 1 aliphatic rings. The second-order valence-electron chi connectivity index (χ2n) is 3.78. The monoisotopic (exact) mass is 209 g/mol. The predicted octanol–water partition coefficient (Wildman–Crippen LogP) is 3.09. The second-order valence-corrected chi connectivity index (χ2v) is 7.53. The van der Waals surface area contributed by atoms with Gasteiger partial charge in [0.15, 0.2) is 0 Å². The Balaban J connectivity index is 2.96. The topological polar surface area (TPSA) is 3.24 Å². The number of rotatable bonds is 2. The van der Waals surface area contributed by atoms with E-state index in [4.69, 9.17) is 0 Å². The average molecular weight is 209 g/mol. The van der Waals surface area contributed by atoms with Crippen LogP contribution in [0.2, 0.25) is 0 Å². The third kappa shape index (κ3) is 2.63. The Labute approximate surface area is 88.9 Å². The van der Waals surface area contributed by atoms with E-state index in [9.17, 15) is 0 Å². The molecule has 78 valence electrons. The molecule has 0 fully saturated rings. The van der Waals surface area contributed by atoms with Gasteiger partial charge in [0.25, 0.3) is 0 Å². The van der Waals surface area contributed by atoms with E-state index in [0.29, 0.717) is 0 Å². The lowest BCUT2D eigenvalue weighted by Gasteiger charge is -2.39. The average Bonchev–Trinajstić information content (AvgIpc) is 2.01. The van der Waals surface area contributed by atoms with E-state index < -0.39 is 10.2 Å². The number of hydrogen-bond donors (Lipinski definition) is 0. The van der Waals surface area contributed by atoms with E-state index in [2.05, 4.69) is 67.4 Å². The van der Waals surface area contributed by atoms with Crippen LogP contribution in [0.1, 0.15) is 0 Å². The fourth-order valence-corrected chi connectivity index (χ4v) is 2.34. The molecule has 0 aromatic rings. The Hall–Kier alpha value is -0.730. The first-order chi connectivity index (χ1) is 6.55. The Morgan fingerprint density at radius 1 is 0.929 bits per heavy atom. The van der Waals surface area contributed by atoms with Crippen molar-refractivity contribution in [2.75, 3.05) is 26.6 Å². The summed E-state index contributed by atoms with van der Waals surface area (Å²) in [6.45, 7) is 0. The van der Waals surface area contributed by atoms with Crippen molar-refractivity contribution in [3.63, 3.8) is 0 Å². The normalized spacial score (nSPS) is 28.5. The molecule has 1 nitrogen and oxygen atoms in total. The first-order valence-electron chi connectivity index (χ1n) is 4.67. The SMILES string of the molecule is CN(C)S(C)(C)C1=C/C=C\C=C/C=C\1. The fraction of sp³-hybridized carbons (Fsp3) is 0.333. The molecule has 2 heteroatoms. The standard InChI is InChI=1S/C12H19NS/c1-13(2)14(3,4)12-10-8-6-5-7-9-11-12/h5-11H,1-4H3/b6-5-,7-5?,8-6?,9-7-,10-8-,11-9?,12-10?,12-11+. The van der Waals surface area contributed by atoms with Crippen molar-refractivity contribution >= 4 is 10.2 Å². The zero-order chi connectivity index (χ0) is 10.6. The Bertz CT molecular complexity index is 306. The molecule has 0 atom stereocenters. The summed E-state index contributed by atoms with van der Waals surface area (Å²) in [6, 6.07) is 0. The molecule has 0 spiro atoms. The summed E-state index contributed by atoms with van der Waals surface area (Å²) in [6.07, 6.45) is 19.4. The minimum Gasteiger partial charge on any atom is -0.270 e. The summed E-state index contributed by atoms with van der Waals surface area (Å²) in [4.78, 5) is 1.41. The minimum atomic E-state index is -0.817. The lowest BCUT2D eigenvalue weighted by molar-refractivity contribution is 0.689. The summed E-state index contributed by atoms with van der Waals surface area (Å²) in [5.41, 5.74) is 0. The second kappa shape index (κ2) is 4.67. The summed E-state index contributed by atoms with van der Waals surface area (Å²) in [5, 5.41) is 0. The maximum atomic E-state index is 2.31. The van der Waals surface area contributed by atoms with Gasteiger partial charge in [0.1, 0.15) is 0 Å². The van der Waals surface area contributed by atoms with Crippen LogP contribution in [0, 0.1) is 0 Å². The van der Waals surface area contributed by atoms with Crippen molar-refractivity contribution in [1.29, 1.82) is 0 Å². The lowest BCUT2D eigenvalue weighted by atomic mass is 10.3. The van der Waals surface area contributed by atoms with E-state index in [1.54, 1.807) is 0 Å². The van der Waals surface area contributed by atoms with E-state index >= 15 is 0 Å². The molecule has 0 heterocycles. The third-order valence-electron chi connectivity index (χ3n) is 2.46. The Kier molecular flexibility index (Phi) is 3.78. The predicted molar refractivity (Wildman–Crippen MR) is 68.6 cm³/mol. The van der Waals surface area contributed by atoms with Gasteiger partial charge in [-0.15, -0.1) is 0 Å². The van der Waals surface area contributed by atoms with Crippen molar-refractivity contribution in [1.82, 2.24) is 4.31 Å². The highest BCUT2D eigenvalue weighted by molar-refractivity contribution is 8.34. The highest BCUT2D eigenvalue weighted by atomic mass is 32.3. The van der Waals surface area contributed by atoms with E-state index in [1.165, 1.54) is 4.91 Å². The van der Waals surface area contributed by atoms with E-state index in [-0.39, 0.29) is 0 Å². The summed E-state index contributed by atoms with van der Waals surface area (Å²) < 4.78 is 2.31. The van der Waals surface area contributed by atoms with Crippen molar-refractivity contribution in [3.8, 4) is 0 Å². The molecule has 0 saturated carbocycles. The van der Waals surface area contributed by atoms with Gasteiger partial charge in [-0.1, -0.05) is 30.4 Å². The van der Waals surface area contributed by atoms with Gasteiger partial charge in [-0.2, -0.15) is 10.2 Å². The number of hydrogen-bond acceptors (Lipinski definition) is 1. The Morgan fingerprint density at radius 3 is 2.14 bits per heavy atom. The van der Waals surface area contributed by atoms with Gasteiger partial charge in [-0.25, -0.2) is 0 Å². The van der Waals surface area contributed by atoms with Crippen LogP contribution in [0.15, 0.2) is 47.4 Å². The maximum Gasteiger partial charge on any atom is 0.00186 e. The summed E-state index contributed by atoms with van der Waals surface area (Å²) >= 11 is 0. The molecule has 0 bridgehead atoms. The zero-order valence-corrected chi connectivity index (χ0v) is 10.2. The maximum absolute atomic E-state index is 2.31. The van der Waals surface area contributed by atoms with Crippen molar-refractivity contribution < 1.29 is 0 Å². The molecule has 0 radical (unpaired) electrons. The molecule has 0 unspecified atom stereocenters. The van der Waals surface area contributed by atoms with Crippen LogP contribution in [0.3, 0.4) is 0 Å². The Morgan fingerprint density at radius 2 is 1.50 bits per heavy atom. The molecule has 14 heavy (non-hydrogen) atoms. The van der Waals surface area contributed by atoms with Crippen molar-refractivity contribution in [3.05, 3.63) is 47.4 Å². The molecule has 0 aromatic heterocycles. The van der Waals surface area contributed by atoms with Gasteiger partial charge < -0.3 is 0 Å². The van der Waals surface area contributed by atoms with Gasteiger partial charge in [-0.3, -0.25) is 4.31 Å².